The summed E-state index contributed by atoms with van der Waals surface area (Å²) in [7, 11) is 1.58. The number of amides is 3. The third-order valence-corrected chi connectivity index (χ3v) is 4.67. The monoisotopic (exact) mass is 391 g/mol. The number of methoxy groups -OCH3 is 1. The lowest BCUT2D eigenvalue weighted by atomic mass is 10.1. The molecule has 8 heteroatoms. The first-order valence-electron chi connectivity index (χ1n) is 8.92. The molecule has 1 N–H and O–H groups in total. The normalized spacial score (nSPS) is 12.8. The van der Waals surface area contributed by atoms with Crippen LogP contribution in [-0.2, 0) is 4.79 Å². The van der Waals surface area contributed by atoms with Crippen LogP contribution in [0.5, 0.6) is 5.75 Å². The van der Waals surface area contributed by atoms with Gasteiger partial charge in [-0.05, 0) is 29.8 Å². The Kier molecular flexibility index (Phi) is 4.82. The number of carbonyl (C=O) groups is 3. The quantitative estimate of drug-likeness (QED) is 0.648. The molecule has 0 fully saturated rings. The van der Waals surface area contributed by atoms with Crippen LogP contribution in [0.3, 0.4) is 0 Å². The summed E-state index contributed by atoms with van der Waals surface area (Å²) in [5.74, 6) is -0.277. The maximum Gasteiger partial charge on any atom is 0.261 e. The molecule has 4 rings (SSSR count). The van der Waals surface area contributed by atoms with Crippen molar-refractivity contribution in [3.05, 3.63) is 65.9 Å². The average Bonchev–Trinajstić information content (AvgIpc) is 3.30. The number of ether oxygens (including phenoxy) is 1. The van der Waals surface area contributed by atoms with Crippen LogP contribution in [0.2, 0.25) is 0 Å². The molecule has 29 heavy (non-hydrogen) atoms. The number of rotatable bonds is 6. The van der Waals surface area contributed by atoms with Crippen LogP contribution >= 0.6 is 0 Å². The molecule has 8 nitrogen and oxygen atoms in total. The second-order valence-electron chi connectivity index (χ2n) is 6.40. The lowest BCUT2D eigenvalue weighted by Crippen LogP contribution is -2.32. The van der Waals surface area contributed by atoms with Gasteiger partial charge in [0.15, 0.2) is 0 Å². The number of nitrogens with zero attached hydrogens (tertiary/aromatic N) is 2. The molecule has 3 aromatic rings. The summed E-state index contributed by atoms with van der Waals surface area (Å²) in [6.07, 6.45) is 1.44. The van der Waals surface area contributed by atoms with E-state index in [0.717, 1.165) is 10.5 Å². The fraction of sp³-hybridized carbons (Fsp3) is 0.143. The molecular formula is C21H17N3O5. The third kappa shape index (κ3) is 3.47. The van der Waals surface area contributed by atoms with Crippen LogP contribution in [0.1, 0.15) is 27.1 Å². The van der Waals surface area contributed by atoms with Crippen molar-refractivity contribution in [2.45, 2.75) is 6.42 Å². The van der Waals surface area contributed by atoms with Gasteiger partial charge in [0.1, 0.15) is 5.75 Å². The molecule has 2 aromatic carbocycles. The minimum absolute atomic E-state index is 0.0236. The van der Waals surface area contributed by atoms with E-state index in [1.165, 1.54) is 6.20 Å². The van der Waals surface area contributed by atoms with E-state index < -0.39 is 17.7 Å². The summed E-state index contributed by atoms with van der Waals surface area (Å²) in [4.78, 5) is 38.2. The predicted octanol–water partition coefficient (Wildman–Crippen LogP) is 2.98. The predicted molar refractivity (Wildman–Crippen MR) is 104 cm³/mol. The Morgan fingerprint density at radius 1 is 1.03 bits per heavy atom. The highest BCUT2D eigenvalue weighted by Crippen LogP contribution is 2.29. The molecule has 0 radical (unpaired) electrons. The van der Waals surface area contributed by atoms with Crippen LogP contribution in [0, 0.1) is 0 Å². The van der Waals surface area contributed by atoms with Crippen molar-refractivity contribution in [2.24, 2.45) is 0 Å². The molecule has 146 valence electrons. The fourth-order valence-corrected chi connectivity index (χ4v) is 3.15. The molecule has 3 amide bonds. The number of carbonyl (C=O) groups excluding carboxylic acids is 3. The topological polar surface area (TPSA) is 102 Å². The standard InChI is InChI=1S/C21H17N3O5/c1-28-14-8-6-13(7-9-14)17-12-22-29-19(17)23-18(25)10-11-24-20(26)15-4-2-3-5-16(15)21(24)27/h2-9,12H,10-11H2,1H3,(H,23,25). The van der Waals surface area contributed by atoms with Gasteiger partial charge in [-0.2, -0.15) is 0 Å². The zero-order valence-corrected chi connectivity index (χ0v) is 15.5. The van der Waals surface area contributed by atoms with Crippen molar-refractivity contribution >= 4 is 23.6 Å². The summed E-state index contributed by atoms with van der Waals surface area (Å²) >= 11 is 0. The molecule has 1 aliphatic heterocycles. The van der Waals surface area contributed by atoms with Crippen LogP contribution in [0.25, 0.3) is 11.1 Å². The number of aromatic nitrogens is 1. The second-order valence-corrected chi connectivity index (χ2v) is 6.40. The van der Waals surface area contributed by atoms with Crippen LogP contribution in [0.4, 0.5) is 5.88 Å². The van der Waals surface area contributed by atoms with Gasteiger partial charge in [-0.1, -0.05) is 29.4 Å². The Labute approximate surface area is 166 Å². The smallest absolute Gasteiger partial charge is 0.261 e. The number of benzene rings is 2. The minimum atomic E-state index is -0.395. The molecule has 0 aliphatic carbocycles. The summed E-state index contributed by atoms with van der Waals surface area (Å²) in [5, 5.41) is 6.39. The fourth-order valence-electron chi connectivity index (χ4n) is 3.15. The maximum absolute atomic E-state index is 12.4. The van der Waals surface area contributed by atoms with Crippen molar-refractivity contribution in [3.63, 3.8) is 0 Å². The average molecular weight is 391 g/mol. The van der Waals surface area contributed by atoms with Gasteiger partial charge < -0.3 is 9.26 Å². The number of hydrogen-bond donors (Lipinski definition) is 1. The molecule has 0 unspecified atom stereocenters. The Bertz CT molecular complexity index is 1050. The van der Waals surface area contributed by atoms with Gasteiger partial charge in [-0.25, -0.2) is 0 Å². The molecule has 0 bridgehead atoms. The van der Waals surface area contributed by atoms with Crippen molar-refractivity contribution in [1.29, 1.82) is 0 Å². The van der Waals surface area contributed by atoms with E-state index in [1.54, 1.807) is 43.5 Å². The number of hydrogen-bond acceptors (Lipinski definition) is 6. The van der Waals surface area contributed by atoms with E-state index >= 15 is 0 Å². The second kappa shape index (κ2) is 7.59. The highest BCUT2D eigenvalue weighted by molar-refractivity contribution is 6.21. The molecule has 0 saturated carbocycles. The first kappa shape index (κ1) is 18.4. The molecule has 1 aromatic heterocycles. The van der Waals surface area contributed by atoms with E-state index in [0.29, 0.717) is 22.4 Å². The molecule has 0 saturated heterocycles. The Morgan fingerprint density at radius 2 is 1.69 bits per heavy atom. The zero-order valence-electron chi connectivity index (χ0n) is 15.5. The molecular weight excluding hydrogens is 374 g/mol. The highest BCUT2D eigenvalue weighted by atomic mass is 16.5. The summed E-state index contributed by atoms with van der Waals surface area (Å²) in [6, 6.07) is 13.8. The van der Waals surface area contributed by atoms with Gasteiger partial charge in [0, 0.05) is 13.0 Å². The number of nitrogens with one attached hydrogen (secondary N) is 1. The van der Waals surface area contributed by atoms with E-state index in [9.17, 15) is 14.4 Å². The molecule has 0 atom stereocenters. The van der Waals surface area contributed by atoms with Gasteiger partial charge in [0.05, 0.1) is 30.0 Å². The van der Waals surface area contributed by atoms with Crippen LogP contribution < -0.4 is 10.1 Å². The number of imide groups is 1. The third-order valence-electron chi connectivity index (χ3n) is 4.67. The Balaban J connectivity index is 1.41. The van der Waals surface area contributed by atoms with Gasteiger partial charge in [-0.15, -0.1) is 0 Å². The summed E-state index contributed by atoms with van der Waals surface area (Å²) in [6.45, 7) is -0.0236. The van der Waals surface area contributed by atoms with Crippen molar-refractivity contribution in [3.8, 4) is 16.9 Å². The van der Waals surface area contributed by atoms with Crippen molar-refractivity contribution in [1.82, 2.24) is 10.1 Å². The zero-order chi connectivity index (χ0) is 20.4. The molecule has 0 spiro atoms. The van der Waals surface area contributed by atoms with Crippen LogP contribution in [0.15, 0.2) is 59.3 Å². The van der Waals surface area contributed by atoms with E-state index in [2.05, 4.69) is 10.5 Å². The Hall–Kier alpha value is -3.94. The minimum Gasteiger partial charge on any atom is -0.497 e. The first-order valence-corrected chi connectivity index (χ1v) is 8.92. The summed E-state index contributed by atoms with van der Waals surface area (Å²) < 4.78 is 10.3. The molecule has 2 heterocycles. The lowest BCUT2D eigenvalue weighted by Gasteiger charge is -2.13. The number of anilines is 1. The van der Waals surface area contributed by atoms with Gasteiger partial charge in [-0.3, -0.25) is 24.6 Å². The SMILES string of the molecule is COc1ccc(-c2cnoc2NC(=O)CCN2C(=O)c3ccccc3C2=O)cc1. The van der Waals surface area contributed by atoms with Crippen molar-refractivity contribution in [2.75, 3.05) is 19.0 Å². The van der Waals surface area contributed by atoms with Crippen molar-refractivity contribution < 1.29 is 23.6 Å². The van der Waals surface area contributed by atoms with Gasteiger partial charge in [0.25, 0.3) is 11.8 Å². The molecule has 1 aliphatic rings. The van der Waals surface area contributed by atoms with Gasteiger partial charge in [0.2, 0.25) is 11.8 Å². The van der Waals surface area contributed by atoms with E-state index in [1.807, 2.05) is 12.1 Å². The van der Waals surface area contributed by atoms with Crippen LogP contribution in [-0.4, -0.2) is 41.4 Å². The number of fused-ring (bicyclic) bond motifs is 1. The van der Waals surface area contributed by atoms with Gasteiger partial charge >= 0.3 is 0 Å². The van der Waals surface area contributed by atoms with E-state index in [-0.39, 0.29) is 18.8 Å². The summed E-state index contributed by atoms with van der Waals surface area (Å²) in [5.41, 5.74) is 2.12. The largest absolute Gasteiger partial charge is 0.497 e. The van der Waals surface area contributed by atoms with E-state index in [4.69, 9.17) is 9.26 Å². The maximum atomic E-state index is 12.4. The lowest BCUT2D eigenvalue weighted by molar-refractivity contribution is -0.116. The Morgan fingerprint density at radius 3 is 2.31 bits per heavy atom. The first-order chi connectivity index (χ1) is 14.1. The highest BCUT2D eigenvalue weighted by Gasteiger charge is 2.35.